The Balaban J connectivity index is 1.96. The van der Waals surface area contributed by atoms with Gasteiger partial charge < -0.3 is 5.32 Å². The number of hydrogen-bond donors (Lipinski definition) is 1. The van der Waals surface area contributed by atoms with Gasteiger partial charge in [-0.05, 0) is 18.2 Å². The highest BCUT2D eigenvalue weighted by Gasteiger charge is 2.17. The number of fused-ring (bicyclic) bond motifs is 1. The molecule has 1 aliphatic carbocycles. The number of rotatable bonds is 2. The molecule has 1 heterocycles. The zero-order chi connectivity index (χ0) is 13.2. The SMILES string of the molecule is O=C(NC1CC=CC1)c1cnc(Cl)c2ccccc12. The van der Waals surface area contributed by atoms with E-state index in [1.807, 2.05) is 24.3 Å². The third-order valence-corrected chi connectivity index (χ3v) is 3.64. The predicted octanol–water partition coefficient (Wildman–Crippen LogP) is 3.34. The van der Waals surface area contributed by atoms with E-state index in [0.29, 0.717) is 10.7 Å². The molecule has 0 aliphatic heterocycles. The predicted molar refractivity (Wildman–Crippen MR) is 76.4 cm³/mol. The smallest absolute Gasteiger partial charge is 0.253 e. The molecular formula is C15H13ClN2O. The number of nitrogens with zero attached hydrogens (tertiary/aromatic N) is 1. The minimum Gasteiger partial charge on any atom is -0.349 e. The molecule has 1 amide bonds. The van der Waals surface area contributed by atoms with Crippen molar-refractivity contribution in [2.24, 2.45) is 0 Å². The number of halogens is 1. The van der Waals surface area contributed by atoms with E-state index >= 15 is 0 Å². The standard InChI is InChI=1S/C15H13ClN2O/c16-14-12-8-4-3-7-11(12)13(9-17-14)15(19)18-10-5-1-2-6-10/h1-4,7-10H,5-6H2,(H,18,19). The molecule has 1 aromatic heterocycles. The van der Waals surface area contributed by atoms with Crippen LogP contribution in [0.5, 0.6) is 0 Å². The summed E-state index contributed by atoms with van der Waals surface area (Å²) in [6.45, 7) is 0. The summed E-state index contributed by atoms with van der Waals surface area (Å²) in [7, 11) is 0. The Morgan fingerprint density at radius 1 is 1.21 bits per heavy atom. The van der Waals surface area contributed by atoms with Gasteiger partial charge in [-0.25, -0.2) is 4.98 Å². The van der Waals surface area contributed by atoms with Crippen LogP contribution in [0.2, 0.25) is 5.15 Å². The Bertz CT molecular complexity index is 658. The highest BCUT2D eigenvalue weighted by atomic mass is 35.5. The van der Waals surface area contributed by atoms with Crippen molar-refractivity contribution >= 4 is 28.3 Å². The van der Waals surface area contributed by atoms with Crippen LogP contribution in [0, 0.1) is 0 Å². The van der Waals surface area contributed by atoms with Crippen molar-refractivity contribution < 1.29 is 4.79 Å². The summed E-state index contributed by atoms with van der Waals surface area (Å²) < 4.78 is 0. The van der Waals surface area contributed by atoms with Crippen LogP contribution >= 0.6 is 11.6 Å². The summed E-state index contributed by atoms with van der Waals surface area (Å²) >= 11 is 6.05. The Labute approximate surface area is 116 Å². The second kappa shape index (κ2) is 5.02. The van der Waals surface area contributed by atoms with Crippen molar-refractivity contribution in [3.63, 3.8) is 0 Å². The Morgan fingerprint density at radius 2 is 1.89 bits per heavy atom. The summed E-state index contributed by atoms with van der Waals surface area (Å²) in [6.07, 6.45) is 7.50. The van der Waals surface area contributed by atoms with E-state index in [1.54, 1.807) is 6.20 Å². The molecule has 96 valence electrons. The van der Waals surface area contributed by atoms with E-state index < -0.39 is 0 Å². The largest absolute Gasteiger partial charge is 0.349 e. The molecule has 19 heavy (non-hydrogen) atoms. The van der Waals surface area contributed by atoms with Gasteiger partial charge in [0, 0.05) is 17.6 Å². The number of pyridine rings is 1. The summed E-state index contributed by atoms with van der Waals surface area (Å²) in [6, 6.07) is 7.75. The van der Waals surface area contributed by atoms with Crippen molar-refractivity contribution in [1.82, 2.24) is 10.3 Å². The number of amides is 1. The molecule has 1 aromatic carbocycles. The van der Waals surface area contributed by atoms with Crippen molar-refractivity contribution in [2.75, 3.05) is 0 Å². The third kappa shape index (κ3) is 2.34. The molecule has 1 aliphatic rings. The first kappa shape index (κ1) is 12.2. The quantitative estimate of drug-likeness (QED) is 0.673. The van der Waals surface area contributed by atoms with Gasteiger partial charge in [0.2, 0.25) is 0 Å². The van der Waals surface area contributed by atoms with Gasteiger partial charge in [0.1, 0.15) is 5.15 Å². The van der Waals surface area contributed by atoms with Gasteiger partial charge >= 0.3 is 0 Å². The summed E-state index contributed by atoms with van der Waals surface area (Å²) in [5.74, 6) is -0.0888. The monoisotopic (exact) mass is 272 g/mol. The van der Waals surface area contributed by atoms with E-state index in [9.17, 15) is 4.79 Å². The van der Waals surface area contributed by atoms with Crippen LogP contribution in [0.3, 0.4) is 0 Å². The highest BCUT2D eigenvalue weighted by molar-refractivity contribution is 6.34. The molecule has 3 nitrogen and oxygen atoms in total. The van der Waals surface area contributed by atoms with Crippen molar-refractivity contribution in [2.45, 2.75) is 18.9 Å². The molecule has 0 spiro atoms. The van der Waals surface area contributed by atoms with Gasteiger partial charge in [-0.15, -0.1) is 0 Å². The number of carbonyl (C=O) groups excluding carboxylic acids is 1. The lowest BCUT2D eigenvalue weighted by atomic mass is 10.1. The second-order valence-corrected chi connectivity index (χ2v) is 4.98. The summed E-state index contributed by atoms with van der Waals surface area (Å²) in [5, 5.41) is 5.09. The molecule has 0 radical (unpaired) electrons. The minimum absolute atomic E-state index is 0.0888. The van der Waals surface area contributed by atoms with Crippen LogP contribution in [0.15, 0.2) is 42.6 Å². The van der Waals surface area contributed by atoms with Gasteiger partial charge in [0.15, 0.2) is 0 Å². The molecule has 0 saturated carbocycles. The van der Waals surface area contributed by atoms with Crippen molar-refractivity contribution in [3.05, 3.63) is 53.3 Å². The summed E-state index contributed by atoms with van der Waals surface area (Å²) in [5.41, 5.74) is 0.576. The molecule has 0 unspecified atom stereocenters. The van der Waals surface area contributed by atoms with E-state index in [1.165, 1.54) is 0 Å². The van der Waals surface area contributed by atoms with Gasteiger partial charge in [0.25, 0.3) is 5.91 Å². The fourth-order valence-corrected chi connectivity index (χ4v) is 2.55. The Morgan fingerprint density at radius 3 is 2.63 bits per heavy atom. The van der Waals surface area contributed by atoms with E-state index in [2.05, 4.69) is 22.5 Å². The fraction of sp³-hybridized carbons (Fsp3) is 0.200. The normalized spacial score (nSPS) is 15.0. The molecule has 0 saturated heterocycles. The lowest BCUT2D eigenvalue weighted by Crippen LogP contribution is -2.33. The first-order valence-electron chi connectivity index (χ1n) is 6.25. The minimum atomic E-state index is -0.0888. The topological polar surface area (TPSA) is 42.0 Å². The molecule has 0 atom stereocenters. The van der Waals surface area contributed by atoms with Gasteiger partial charge in [-0.1, -0.05) is 48.0 Å². The molecule has 0 fully saturated rings. The first-order chi connectivity index (χ1) is 9.25. The number of nitrogens with one attached hydrogen (secondary N) is 1. The van der Waals surface area contributed by atoms with Crippen LogP contribution in [0.1, 0.15) is 23.2 Å². The molecule has 4 heteroatoms. The number of benzene rings is 1. The third-order valence-electron chi connectivity index (χ3n) is 3.33. The van der Waals surface area contributed by atoms with Crippen LogP contribution in [-0.4, -0.2) is 16.9 Å². The van der Waals surface area contributed by atoms with Crippen LogP contribution in [-0.2, 0) is 0 Å². The fourth-order valence-electron chi connectivity index (χ4n) is 2.34. The molecule has 0 bridgehead atoms. The molecule has 3 rings (SSSR count). The summed E-state index contributed by atoms with van der Waals surface area (Å²) in [4.78, 5) is 16.4. The maximum atomic E-state index is 12.3. The Kier molecular flexibility index (Phi) is 3.22. The van der Waals surface area contributed by atoms with Crippen LogP contribution in [0.25, 0.3) is 10.8 Å². The Hall–Kier alpha value is -1.87. The number of carbonyl (C=O) groups is 1. The molecule has 2 aromatic rings. The molecule has 1 N–H and O–H groups in total. The first-order valence-corrected chi connectivity index (χ1v) is 6.62. The zero-order valence-corrected chi connectivity index (χ0v) is 11.0. The van der Waals surface area contributed by atoms with E-state index in [-0.39, 0.29) is 11.9 Å². The van der Waals surface area contributed by atoms with Gasteiger partial charge in [-0.2, -0.15) is 0 Å². The zero-order valence-electron chi connectivity index (χ0n) is 10.3. The van der Waals surface area contributed by atoms with E-state index in [4.69, 9.17) is 11.6 Å². The average molecular weight is 273 g/mol. The van der Waals surface area contributed by atoms with Gasteiger partial charge in [0.05, 0.1) is 5.56 Å². The lowest BCUT2D eigenvalue weighted by molar-refractivity contribution is 0.0940. The maximum Gasteiger partial charge on any atom is 0.253 e. The maximum absolute atomic E-state index is 12.3. The number of aromatic nitrogens is 1. The second-order valence-electron chi connectivity index (χ2n) is 4.62. The molecular weight excluding hydrogens is 260 g/mol. The number of hydrogen-bond acceptors (Lipinski definition) is 2. The van der Waals surface area contributed by atoms with Crippen molar-refractivity contribution in [1.29, 1.82) is 0 Å². The highest BCUT2D eigenvalue weighted by Crippen LogP contribution is 2.24. The van der Waals surface area contributed by atoms with Crippen LogP contribution < -0.4 is 5.32 Å². The van der Waals surface area contributed by atoms with Crippen molar-refractivity contribution in [3.8, 4) is 0 Å². The van der Waals surface area contributed by atoms with Gasteiger partial charge in [-0.3, -0.25) is 4.79 Å². The van der Waals surface area contributed by atoms with E-state index in [0.717, 1.165) is 23.6 Å². The average Bonchev–Trinajstić information content (AvgIpc) is 2.92. The lowest BCUT2D eigenvalue weighted by Gasteiger charge is -2.13. The van der Waals surface area contributed by atoms with Crippen LogP contribution in [0.4, 0.5) is 0 Å².